The van der Waals surface area contributed by atoms with E-state index in [1.807, 2.05) is 0 Å². The van der Waals surface area contributed by atoms with E-state index in [4.69, 9.17) is 24.1 Å². The van der Waals surface area contributed by atoms with Crippen LogP contribution in [-0.4, -0.2) is 121 Å². The number of hydrogen-bond acceptors (Lipinski definition) is 13. The van der Waals surface area contributed by atoms with Gasteiger partial charge in [-0.1, -0.05) is 78.1 Å². The first-order chi connectivity index (χ1) is 21.7. The number of aliphatic hydroxyl groups excluding tert-OH is 6. The third-order valence-corrected chi connectivity index (χ3v) is 8.33. The quantitative estimate of drug-likeness (QED) is 0.0834. The first-order valence-corrected chi connectivity index (χ1v) is 16.8. The van der Waals surface area contributed by atoms with Crippen LogP contribution in [0, 0.1) is 0 Å². The van der Waals surface area contributed by atoms with Gasteiger partial charge in [-0.05, 0) is 26.7 Å². The minimum atomic E-state index is -1.43. The van der Waals surface area contributed by atoms with Gasteiger partial charge in [-0.3, -0.25) is 4.79 Å². The van der Waals surface area contributed by atoms with E-state index in [-0.39, 0.29) is 19.0 Å². The maximum Gasteiger partial charge on any atom is 0.305 e. The van der Waals surface area contributed by atoms with Gasteiger partial charge in [0.15, 0.2) is 12.6 Å². The van der Waals surface area contributed by atoms with Gasteiger partial charge >= 0.3 is 5.97 Å². The third kappa shape index (κ3) is 17.1. The van der Waals surface area contributed by atoms with Crippen molar-refractivity contribution in [2.45, 2.75) is 191 Å². The Labute approximate surface area is 278 Å². The average molecular weight is 686 g/mol. The molecular weight excluding hydrogens is 622 g/mol. The molecule has 15 heteroatoms. The number of hydrogen-bond donors (Lipinski definition) is 8. The summed E-state index contributed by atoms with van der Waals surface area (Å²) in [6.45, 7) is 7.35. The van der Waals surface area contributed by atoms with E-state index in [0.717, 1.165) is 64.2 Å². The Hall–Kier alpha value is -1.50. The predicted molar refractivity (Wildman–Crippen MR) is 169 cm³/mol. The number of carboxylic acid groups (broad SMARTS) is 2. The zero-order chi connectivity index (χ0) is 34.8. The van der Waals surface area contributed by atoms with Crippen LogP contribution in [0.3, 0.4) is 0 Å². The van der Waals surface area contributed by atoms with Crippen molar-refractivity contribution in [3.63, 3.8) is 0 Å². The Bertz CT molecular complexity index is 772. The summed E-state index contributed by atoms with van der Waals surface area (Å²) in [7, 11) is 0. The van der Waals surface area contributed by atoms with Crippen LogP contribution >= 0.6 is 0 Å². The number of carboxylic acids is 2. The minimum Gasteiger partial charge on any atom is -0.550 e. The lowest BCUT2D eigenvalue weighted by atomic mass is 9.99. The lowest BCUT2D eigenvalue weighted by Crippen LogP contribution is -2.58. The van der Waals surface area contributed by atoms with Gasteiger partial charge in [0, 0.05) is 12.4 Å². The zero-order valence-electron chi connectivity index (χ0n) is 28.8. The van der Waals surface area contributed by atoms with Gasteiger partial charge < -0.3 is 70.7 Å². The monoisotopic (exact) mass is 685 g/mol. The summed E-state index contributed by atoms with van der Waals surface area (Å²) in [6, 6.07) is 0. The van der Waals surface area contributed by atoms with Gasteiger partial charge in [-0.2, -0.15) is 0 Å². The Kier molecular flexibility index (Phi) is 23.8. The largest absolute Gasteiger partial charge is 0.550 e. The fraction of sp³-hybridized carbons (Fsp3) is 0.938. The summed E-state index contributed by atoms with van der Waals surface area (Å²) in [5.74, 6) is -2.22. The lowest BCUT2D eigenvalue weighted by molar-refractivity contribution is -0.320. The van der Waals surface area contributed by atoms with Crippen LogP contribution in [0.5, 0.6) is 0 Å². The highest BCUT2D eigenvalue weighted by molar-refractivity contribution is 5.67. The number of ether oxygens (including phenoxy) is 4. The van der Waals surface area contributed by atoms with Crippen LogP contribution < -0.4 is 11.3 Å². The number of aliphatic carboxylic acids is 2. The standard InChI is InChI=1S/2C16H30O7.H3N/c2*1-3-4-5-6-7-8-11(9-12(17)18)23-16-15(21)14(20)13(19)10(2)22-16;/h2*10-11,13-16,19-21H,3-9H2,1-2H3,(H,17,18);1H3. The van der Waals surface area contributed by atoms with Crippen molar-refractivity contribution < 1.29 is 69.4 Å². The zero-order valence-corrected chi connectivity index (χ0v) is 28.8. The Morgan fingerprint density at radius 1 is 0.617 bits per heavy atom. The molecule has 2 fully saturated rings. The maximum absolute atomic E-state index is 11.0. The van der Waals surface area contributed by atoms with E-state index in [2.05, 4.69) is 13.8 Å². The van der Waals surface area contributed by atoms with Crippen molar-refractivity contribution in [1.29, 1.82) is 0 Å². The highest BCUT2D eigenvalue weighted by atomic mass is 16.7. The van der Waals surface area contributed by atoms with Crippen LogP contribution in [0.4, 0.5) is 0 Å². The van der Waals surface area contributed by atoms with Crippen LogP contribution in [0.1, 0.15) is 118 Å². The molecule has 0 bridgehead atoms. The Morgan fingerprint density at radius 2 is 0.979 bits per heavy atom. The molecule has 15 nitrogen and oxygen atoms in total. The molecule has 0 aromatic heterocycles. The highest BCUT2D eigenvalue weighted by Gasteiger charge is 2.44. The van der Waals surface area contributed by atoms with Crippen LogP contribution in [0.15, 0.2) is 0 Å². The molecule has 12 unspecified atom stereocenters. The van der Waals surface area contributed by atoms with Crippen molar-refractivity contribution in [3.8, 4) is 0 Å². The molecule has 0 spiro atoms. The van der Waals surface area contributed by atoms with Crippen molar-refractivity contribution in [3.05, 3.63) is 0 Å². The van der Waals surface area contributed by atoms with Crippen molar-refractivity contribution in [2.24, 2.45) is 0 Å². The normalized spacial score (nSPS) is 32.0. The molecule has 0 aromatic rings. The molecular formula is C32H63NO14. The summed E-state index contributed by atoms with van der Waals surface area (Å²) in [5, 5.41) is 78.6. The first-order valence-electron chi connectivity index (χ1n) is 16.8. The van der Waals surface area contributed by atoms with Gasteiger partial charge in [-0.25, -0.2) is 0 Å². The average Bonchev–Trinajstić information content (AvgIpc) is 2.99. The molecule has 0 radical (unpaired) electrons. The molecule has 47 heavy (non-hydrogen) atoms. The number of unbranched alkanes of at least 4 members (excludes halogenated alkanes) is 8. The van der Waals surface area contributed by atoms with Crippen LogP contribution in [0.2, 0.25) is 0 Å². The maximum atomic E-state index is 11.0. The summed E-state index contributed by atoms with van der Waals surface area (Å²) < 4.78 is 21.8. The van der Waals surface area contributed by atoms with E-state index in [9.17, 15) is 45.3 Å². The van der Waals surface area contributed by atoms with Crippen molar-refractivity contribution in [2.75, 3.05) is 0 Å². The molecule has 0 amide bonds. The molecule has 2 heterocycles. The Balaban J connectivity index is 0.000000882. The summed E-state index contributed by atoms with van der Waals surface area (Å²) >= 11 is 0. The van der Waals surface area contributed by atoms with Gasteiger partial charge in [0.2, 0.25) is 0 Å². The van der Waals surface area contributed by atoms with Gasteiger partial charge in [0.1, 0.15) is 36.6 Å². The molecule has 0 saturated carbocycles. The molecule has 11 N–H and O–H groups in total. The SMILES string of the molecule is CCCCCCCC(CC(=O)O)OC1OC(C)C(O)C(O)C1O.CCCCCCCC(CC(=O)[O-])OC1OC(C)C(O)C(O)C1O.[NH4+]. The number of quaternary nitrogens is 1. The van der Waals surface area contributed by atoms with E-state index in [1.165, 1.54) is 0 Å². The topological polar surface area (TPSA) is 272 Å². The molecule has 2 saturated heterocycles. The second-order valence-electron chi connectivity index (χ2n) is 12.5. The molecule has 2 rings (SSSR count). The minimum absolute atomic E-state index is 0. The van der Waals surface area contributed by atoms with Crippen molar-refractivity contribution >= 4 is 11.9 Å². The number of carbonyl (C=O) groups excluding carboxylic acids is 1. The summed E-state index contributed by atoms with van der Waals surface area (Å²) in [6.07, 6.45) is -2.05. The fourth-order valence-electron chi connectivity index (χ4n) is 5.40. The number of aliphatic hydroxyl groups is 6. The Morgan fingerprint density at radius 3 is 1.32 bits per heavy atom. The highest BCUT2D eigenvalue weighted by Crippen LogP contribution is 2.26. The van der Waals surface area contributed by atoms with Gasteiger partial charge in [0.05, 0.1) is 30.8 Å². The van der Waals surface area contributed by atoms with E-state index < -0.39 is 85.6 Å². The van der Waals surface area contributed by atoms with Crippen LogP contribution in [0.25, 0.3) is 0 Å². The van der Waals surface area contributed by atoms with E-state index >= 15 is 0 Å². The number of carbonyl (C=O) groups is 2. The van der Waals surface area contributed by atoms with Crippen molar-refractivity contribution in [1.82, 2.24) is 6.15 Å². The summed E-state index contributed by atoms with van der Waals surface area (Å²) in [4.78, 5) is 21.8. The van der Waals surface area contributed by atoms with E-state index in [0.29, 0.717) is 12.8 Å². The first kappa shape index (κ1) is 45.5. The molecule has 0 aliphatic carbocycles. The smallest absolute Gasteiger partial charge is 0.305 e. The molecule has 0 aromatic carbocycles. The molecule has 2 aliphatic heterocycles. The second-order valence-corrected chi connectivity index (χ2v) is 12.5. The summed E-state index contributed by atoms with van der Waals surface area (Å²) in [5.41, 5.74) is 0. The second kappa shape index (κ2) is 24.6. The molecule has 280 valence electrons. The molecule has 2 aliphatic rings. The van der Waals surface area contributed by atoms with Crippen LogP contribution in [-0.2, 0) is 28.5 Å². The van der Waals surface area contributed by atoms with Gasteiger partial charge in [-0.15, -0.1) is 0 Å². The number of rotatable bonds is 20. The molecule has 12 atom stereocenters. The predicted octanol–water partition coefficient (Wildman–Crippen LogP) is 1.11. The third-order valence-electron chi connectivity index (χ3n) is 8.33. The fourth-order valence-corrected chi connectivity index (χ4v) is 5.40. The van der Waals surface area contributed by atoms with Gasteiger partial charge in [0.25, 0.3) is 0 Å². The van der Waals surface area contributed by atoms with E-state index in [1.54, 1.807) is 13.8 Å². The lowest BCUT2D eigenvalue weighted by Gasteiger charge is -2.40.